The lowest BCUT2D eigenvalue weighted by Gasteiger charge is -2.07. The van der Waals surface area contributed by atoms with E-state index in [-0.39, 0.29) is 21.3 Å². The Morgan fingerprint density at radius 3 is 2.47 bits per heavy atom. The van der Waals surface area contributed by atoms with Gasteiger partial charge in [0.1, 0.15) is 10.8 Å². The number of sulfonamides is 1. The van der Waals surface area contributed by atoms with Crippen LogP contribution in [0, 0.1) is 0 Å². The summed E-state index contributed by atoms with van der Waals surface area (Å²) in [6.45, 7) is 0. The average molecular weight is 322 g/mol. The molecule has 0 aromatic carbocycles. The summed E-state index contributed by atoms with van der Waals surface area (Å²) < 4.78 is 24.8. The molecule has 0 unspecified atom stereocenters. The molecule has 2 rings (SSSR count). The van der Waals surface area contributed by atoms with E-state index < -0.39 is 10.0 Å². The van der Waals surface area contributed by atoms with E-state index in [0.29, 0.717) is 5.69 Å². The minimum Gasteiger partial charge on any atom is -0.342 e. The summed E-state index contributed by atoms with van der Waals surface area (Å²) in [5.41, 5.74) is 0.310. The van der Waals surface area contributed by atoms with E-state index in [1.54, 1.807) is 0 Å². The second kappa shape index (κ2) is 5.04. The highest BCUT2D eigenvalue weighted by atomic mass is 35.5. The molecular weight excluding hydrogens is 313 g/mol. The van der Waals surface area contributed by atoms with Crippen molar-refractivity contribution < 1.29 is 8.42 Å². The van der Waals surface area contributed by atoms with Crippen molar-refractivity contribution in [2.45, 2.75) is 5.03 Å². The van der Waals surface area contributed by atoms with Gasteiger partial charge in [0.25, 0.3) is 10.0 Å². The highest BCUT2D eigenvalue weighted by molar-refractivity contribution is 7.89. The molecule has 7 nitrogen and oxygen atoms in total. The van der Waals surface area contributed by atoms with Gasteiger partial charge in [-0.15, -0.1) is 0 Å². The van der Waals surface area contributed by atoms with Crippen LogP contribution in [0.2, 0.25) is 10.4 Å². The quantitative estimate of drug-likeness (QED) is 0.682. The molecule has 0 fully saturated rings. The molecule has 0 saturated heterocycles. The Balaban J connectivity index is 2.47. The number of hydrogen-bond acceptors (Lipinski definition) is 5. The highest BCUT2D eigenvalue weighted by Gasteiger charge is 2.21. The third-order valence-electron chi connectivity index (χ3n) is 2.21. The Hall–Kier alpha value is -1.22. The number of aromatic nitrogens is 4. The molecule has 0 radical (unpaired) electrons. The molecule has 2 aromatic rings. The van der Waals surface area contributed by atoms with Gasteiger partial charge in [0.05, 0.1) is 0 Å². The maximum Gasteiger partial charge on any atom is 0.261 e. The first-order chi connectivity index (χ1) is 8.80. The smallest absolute Gasteiger partial charge is 0.261 e. The molecular formula is C9H9Cl2N5O2S. The largest absolute Gasteiger partial charge is 0.342 e. The number of aromatic amines is 1. The van der Waals surface area contributed by atoms with Crippen LogP contribution in [0.1, 0.15) is 0 Å². The van der Waals surface area contributed by atoms with E-state index in [4.69, 9.17) is 23.2 Å². The number of H-pyrrole nitrogens is 1. The summed E-state index contributed by atoms with van der Waals surface area (Å²) >= 11 is 11.4. The summed E-state index contributed by atoms with van der Waals surface area (Å²) in [6.07, 6.45) is 1.27. The molecule has 102 valence electrons. The Labute approximate surface area is 119 Å². The summed E-state index contributed by atoms with van der Waals surface area (Å²) in [6, 6.07) is 1.43. The standard InChI is InChI=1S/C9H9Cl2N5O2S/c1-16(2)19(17,18)7-4-12-8(15-7)5-3-6(10)14-9(11)13-5/h3-4H,1-2H3,(H,12,15). The van der Waals surface area contributed by atoms with Crippen molar-refractivity contribution in [2.24, 2.45) is 0 Å². The van der Waals surface area contributed by atoms with Crippen LogP contribution >= 0.6 is 23.2 Å². The van der Waals surface area contributed by atoms with Crippen molar-refractivity contribution in [3.05, 3.63) is 22.7 Å². The predicted molar refractivity (Wildman–Crippen MR) is 70.5 cm³/mol. The van der Waals surface area contributed by atoms with Gasteiger partial charge >= 0.3 is 0 Å². The van der Waals surface area contributed by atoms with Crippen molar-refractivity contribution in [3.63, 3.8) is 0 Å². The van der Waals surface area contributed by atoms with Crippen molar-refractivity contribution in [3.8, 4) is 11.5 Å². The monoisotopic (exact) mass is 321 g/mol. The Kier molecular flexibility index (Phi) is 3.77. The SMILES string of the molecule is CN(C)S(=O)(=O)c1c[nH]c(-c2cc(Cl)nc(Cl)n2)n1. The van der Waals surface area contributed by atoms with E-state index in [1.807, 2.05) is 0 Å². The third-order valence-corrected chi connectivity index (χ3v) is 4.27. The van der Waals surface area contributed by atoms with Crippen LogP contribution in [0.4, 0.5) is 0 Å². The Morgan fingerprint density at radius 1 is 1.21 bits per heavy atom. The molecule has 10 heteroatoms. The number of imidazole rings is 1. The average Bonchev–Trinajstić information content (AvgIpc) is 2.76. The van der Waals surface area contributed by atoms with Crippen molar-refractivity contribution in [2.75, 3.05) is 14.1 Å². The second-order valence-electron chi connectivity index (χ2n) is 3.72. The van der Waals surface area contributed by atoms with E-state index in [0.717, 1.165) is 4.31 Å². The molecule has 2 heterocycles. The summed E-state index contributed by atoms with van der Waals surface area (Å²) in [5, 5.41) is -0.0160. The molecule has 0 aliphatic heterocycles. The maximum absolute atomic E-state index is 11.9. The van der Waals surface area contributed by atoms with Crippen molar-refractivity contribution in [1.82, 2.24) is 24.2 Å². The zero-order valence-electron chi connectivity index (χ0n) is 9.92. The number of nitrogens with one attached hydrogen (secondary N) is 1. The van der Waals surface area contributed by atoms with Crippen LogP contribution in [0.5, 0.6) is 0 Å². The number of rotatable bonds is 3. The molecule has 1 N–H and O–H groups in total. The summed E-state index contributed by atoms with van der Waals surface area (Å²) in [5.74, 6) is 0.242. The van der Waals surface area contributed by atoms with Crippen molar-refractivity contribution >= 4 is 33.2 Å². The lowest BCUT2D eigenvalue weighted by atomic mass is 10.4. The van der Waals surface area contributed by atoms with Gasteiger partial charge in [0.15, 0.2) is 10.9 Å². The van der Waals surface area contributed by atoms with Gasteiger partial charge < -0.3 is 4.98 Å². The van der Waals surface area contributed by atoms with E-state index >= 15 is 0 Å². The fourth-order valence-electron chi connectivity index (χ4n) is 1.27. The molecule has 0 bridgehead atoms. The first kappa shape index (κ1) is 14.2. The summed E-state index contributed by atoms with van der Waals surface area (Å²) in [7, 11) is -0.765. The van der Waals surface area contributed by atoms with Gasteiger partial charge in [-0.05, 0) is 11.6 Å². The topological polar surface area (TPSA) is 91.8 Å². The lowest BCUT2D eigenvalue weighted by Crippen LogP contribution is -2.22. The van der Waals surface area contributed by atoms with Gasteiger partial charge in [-0.1, -0.05) is 11.6 Å². The minimum absolute atomic E-state index is 0.0454. The summed E-state index contributed by atoms with van der Waals surface area (Å²) in [4.78, 5) is 14.3. The maximum atomic E-state index is 11.9. The first-order valence-electron chi connectivity index (χ1n) is 4.99. The van der Waals surface area contributed by atoms with E-state index in [9.17, 15) is 8.42 Å². The van der Waals surface area contributed by atoms with Gasteiger partial charge in [-0.2, -0.15) is 0 Å². The molecule has 0 amide bonds. The van der Waals surface area contributed by atoms with Gasteiger partial charge in [0.2, 0.25) is 5.28 Å². The van der Waals surface area contributed by atoms with Gasteiger partial charge in [0, 0.05) is 26.4 Å². The molecule has 0 spiro atoms. The van der Waals surface area contributed by atoms with Crippen LogP contribution < -0.4 is 0 Å². The molecule has 19 heavy (non-hydrogen) atoms. The first-order valence-corrected chi connectivity index (χ1v) is 7.18. The normalized spacial score (nSPS) is 12.1. The van der Waals surface area contributed by atoms with Crippen LogP contribution in [0.3, 0.4) is 0 Å². The number of nitrogens with zero attached hydrogens (tertiary/aromatic N) is 4. The zero-order chi connectivity index (χ0) is 14.2. The third kappa shape index (κ3) is 2.86. The second-order valence-corrected chi connectivity index (χ2v) is 6.54. The number of halogens is 2. The van der Waals surface area contributed by atoms with Crippen LogP contribution in [-0.2, 0) is 10.0 Å². The number of hydrogen-bond donors (Lipinski definition) is 1. The molecule has 2 aromatic heterocycles. The molecule has 0 saturated carbocycles. The van der Waals surface area contributed by atoms with Crippen LogP contribution in [0.25, 0.3) is 11.5 Å². The van der Waals surface area contributed by atoms with Gasteiger partial charge in [-0.3, -0.25) is 0 Å². The minimum atomic E-state index is -3.60. The molecule has 0 aliphatic rings. The zero-order valence-corrected chi connectivity index (χ0v) is 12.3. The highest BCUT2D eigenvalue weighted by Crippen LogP contribution is 2.20. The Bertz CT molecular complexity index is 693. The van der Waals surface area contributed by atoms with Crippen LogP contribution in [-0.4, -0.2) is 46.8 Å². The van der Waals surface area contributed by atoms with E-state index in [1.165, 1.54) is 26.4 Å². The fourth-order valence-corrected chi connectivity index (χ4v) is 2.46. The Morgan fingerprint density at radius 2 is 1.89 bits per heavy atom. The molecule has 0 atom stereocenters. The lowest BCUT2D eigenvalue weighted by molar-refractivity contribution is 0.517. The van der Waals surface area contributed by atoms with E-state index in [2.05, 4.69) is 19.9 Å². The molecule has 0 aliphatic carbocycles. The predicted octanol–water partition coefficient (Wildman–Crippen LogP) is 1.42. The van der Waals surface area contributed by atoms with Crippen LogP contribution in [0.15, 0.2) is 17.3 Å². The van der Waals surface area contributed by atoms with Crippen molar-refractivity contribution in [1.29, 1.82) is 0 Å². The van der Waals surface area contributed by atoms with Gasteiger partial charge in [-0.25, -0.2) is 27.7 Å². The fraction of sp³-hybridized carbons (Fsp3) is 0.222.